The fourth-order valence-corrected chi connectivity index (χ4v) is 26.1. The van der Waals surface area contributed by atoms with Gasteiger partial charge in [-0.05, 0) is 184 Å². The van der Waals surface area contributed by atoms with Gasteiger partial charge in [-0.3, -0.25) is 14.9 Å². The van der Waals surface area contributed by atoms with Gasteiger partial charge in [-0.2, -0.15) is 0 Å². The molecule has 5 saturated heterocycles. The summed E-state index contributed by atoms with van der Waals surface area (Å²) in [5, 5.41) is 41.5. The number of rotatable bonds is 9. The molecule has 1 aromatic carbocycles. The average Bonchev–Trinajstić information content (AvgIpc) is 1.45. The van der Waals surface area contributed by atoms with Crippen LogP contribution in [-0.2, 0) is 51.8 Å². The van der Waals surface area contributed by atoms with Crippen LogP contribution in [0.15, 0.2) is 71.0 Å². The molecule has 13 nitrogen and oxygen atoms in total. The molecule has 5 spiro atoms. The van der Waals surface area contributed by atoms with Crippen molar-refractivity contribution in [3.63, 3.8) is 0 Å². The second-order valence-corrected chi connectivity index (χ2v) is 30.7. The average molecular weight is 1130 g/mol. The van der Waals surface area contributed by atoms with Crippen LogP contribution in [0.25, 0.3) is 0 Å². The topological polar surface area (TPSA) is 181 Å². The maximum atomic E-state index is 17.5. The monoisotopic (exact) mass is 1130 g/mol. The lowest BCUT2D eigenvalue weighted by Crippen LogP contribution is -2.84. The number of carbonyl (C=O) groups excluding carboxylic acids is 3. The van der Waals surface area contributed by atoms with E-state index in [1.165, 1.54) is 11.1 Å². The normalized spacial score (nSPS) is 51.3. The summed E-state index contributed by atoms with van der Waals surface area (Å²) in [6, 6.07) is 13.2. The molecule has 4 N–H and O–H groups in total. The lowest BCUT2D eigenvalue weighted by atomic mass is 9.28. The van der Waals surface area contributed by atoms with Crippen LogP contribution in [-0.4, -0.2) is 106 Å². The highest BCUT2D eigenvalue weighted by Gasteiger charge is 3.00. The Morgan fingerprint density at radius 2 is 1.78 bits per heavy atom. The number of furan rings is 1. The van der Waals surface area contributed by atoms with Gasteiger partial charge in [-0.1, -0.05) is 86.9 Å². The molecule has 7 aliphatic heterocycles. The van der Waals surface area contributed by atoms with E-state index >= 15 is 14.4 Å². The molecule has 13 heteroatoms. The highest BCUT2D eigenvalue weighted by Crippen LogP contribution is 2.91. The van der Waals surface area contributed by atoms with E-state index in [1.54, 1.807) is 6.26 Å². The number of hydrogen-bond donors (Lipinski definition) is 4. The summed E-state index contributed by atoms with van der Waals surface area (Å²) < 4.78 is 37.3. The van der Waals surface area contributed by atoms with Crippen LogP contribution in [0.5, 0.6) is 0 Å². The summed E-state index contributed by atoms with van der Waals surface area (Å²) in [6.45, 7) is 3.77. The van der Waals surface area contributed by atoms with Crippen molar-refractivity contribution in [3.8, 4) is 11.8 Å². The lowest BCUT2D eigenvalue weighted by Gasteiger charge is -2.74. The predicted octanol–water partition coefficient (Wildman–Crippen LogP) is 8.51. The SMILES string of the molecule is CC12CC3CC45CCCC4CC4=CCC6(C7CCCCC7)OC47C5C(=O)OCC74C6C(=O)C(O)C5(C6CC(Cc7ccccc7)CCC6C#CCC1(c1ccoc1CC(C(O)CO)C1CCC6C(C=CN7CNCC67)C1)OC(=O)C1OC152)C34. The Morgan fingerprint density at radius 1 is 0.928 bits per heavy atom. The first-order chi connectivity index (χ1) is 40.4. The number of epoxide rings is 1. The Morgan fingerprint density at radius 3 is 2.64 bits per heavy atom. The Labute approximate surface area is 487 Å². The fourth-order valence-electron chi connectivity index (χ4n) is 26.1. The van der Waals surface area contributed by atoms with Crippen molar-refractivity contribution >= 4 is 17.7 Å². The summed E-state index contributed by atoms with van der Waals surface area (Å²) in [5.41, 5.74) is -5.84. The van der Waals surface area contributed by atoms with Gasteiger partial charge >= 0.3 is 11.9 Å². The van der Waals surface area contributed by atoms with Gasteiger partial charge in [0.05, 0.1) is 54.9 Å². The highest BCUT2D eigenvalue weighted by atomic mass is 16.7. The Kier molecular flexibility index (Phi) is 10.9. The fraction of sp³-hybridized carbons (Fsp3) is 0.729. The molecule has 0 amide bonds. The summed E-state index contributed by atoms with van der Waals surface area (Å²) in [5.74, 6) is 5.99. The van der Waals surface area contributed by atoms with E-state index in [4.69, 9.17) is 23.4 Å². The smallest absolute Gasteiger partial charge is 0.339 e. The minimum Gasteiger partial charge on any atom is -0.469 e. The van der Waals surface area contributed by atoms with Crippen LogP contribution in [0, 0.1) is 110 Å². The molecule has 2 aromatic rings. The number of carbonyl (C=O) groups is 3. The van der Waals surface area contributed by atoms with Gasteiger partial charge in [0, 0.05) is 41.3 Å². The van der Waals surface area contributed by atoms with Gasteiger partial charge in [0.15, 0.2) is 17.5 Å². The van der Waals surface area contributed by atoms with E-state index in [-0.39, 0.29) is 72.1 Å². The van der Waals surface area contributed by atoms with Crippen molar-refractivity contribution in [1.82, 2.24) is 10.2 Å². The summed E-state index contributed by atoms with van der Waals surface area (Å²) in [6.07, 6.45) is 22.3. The summed E-state index contributed by atoms with van der Waals surface area (Å²) in [4.78, 5) is 51.7. The first-order valence-corrected chi connectivity index (χ1v) is 33.1. The standard InChI is InChI=1S/C70H84N2O11/c1-63-33-44-34-64-23-9-15-46(64)31-47-20-25-66(45-13-6-3-7-14-45)57-55(75)59(76)68(56(44)65(57)37-80-61(77)58(64)69(47,65)83-66)51-29-40(28-39-10-4-2-5-11-39)16-17-41(51)12-8-24-67(63,82-62(78)60-70(63,68)81-60)50-22-27-79-54(50)32-49(53(74)36-73)42-18-19-48-43(30-42)21-26-72-38-71-35-52(48)72/h2,4-5,10-11,20-22,26-27,40-46,48-49,51-53,56-60,71,73-74,76H,3,6-7,9,13-19,23-25,28-38H2,1H3. The van der Waals surface area contributed by atoms with E-state index in [9.17, 15) is 15.3 Å². The molecule has 8 saturated carbocycles. The Balaban J connectivity index is 0.860. The Hall–Kier alpha value is -4.29. The molecule has 24 unspecified atom stereocenters. The number of allylic oxidation sites excluding steroid dienone is 1. The number of hydrogen-bond acceptors (Lipinski definition) is 13. The molecule has 83 heavy (non-hydrogen) atoms. The first kappa shape index (κ1) is 51.9. The highest BCUT2D eigenvalue weighted by molar-refractivity contribution is 5.94. The number of Topliss-reactive ketones (excluding diaryl/α,β-unsaturated/α-hetero) is 1. The molecule has 440 valence electrons. The van der Waals surface area contributed by atoms with Crippen molar-refractivity contribution in [2.75, 3.05) is 26.4 Å². The van der Waals surface area contributed by atoms with Crippen molar-refractivity contribution in [1.29, 1.82) is 0 Å². The maximum absolute atomic E-state index is 17.5. The summed E-state index contributed by atoms with van der Waals surface area (Å²) >= 11 is 0. The number of ketones is 1. The van der Waals surface area contributed by atoms with Crippen molar-refractivity contribution < 1.29 is 53.1 Å². The van der Waals surface area contributed by atoms with E-state index in [0.29, 0.717) is 54.9 Å². The molecule has 24 atom stereocenters. The van der Waals surface area contributed by atoms with Gasteiger partial charge in [0.1, 0.15) is 29.7 Å². The number of cyclic esters (lactones) is 1. The zero-order valence-electron chi connectivity index (χ0n) is 48.3. The van der Waals surface area contributed by atoms with Crippen LogP contribution in [0.4, 0.5) is 0 Å². The molecule has 9 aliphatic carbocycles. The minimum absolute atomic E-state index is 0.0410. The van der Waals surface area contributed by atoms with Crippen LogP contribution >= 0.6 is 0 Å². The second kappa shape index (κ2) is 17.5. The van der Waals surface area contributed by atoms with Crippen LogP contribution in [0.3, 0.4) is 0 Å². The van der Waals surface area contributed by atoms with Gasteiger partial charge in [-0.15, -0.1) is 0 Å². The number of nitrogens with one attached hydrogen (secondary N) is 1. The minimum atomic E-state index is -1.54. The number of ether oxygens (including phenoxy) is 4. The molecule has 8 heterocycles. The number of esters is 2. The van der Waals surface area contributed by atoms with E-state index in [0.717, 1.165) is 116 Å². The molecular weight excluding hydrogens is 1040 g/mol. The zero-order chi connectivity index (χ0) is 55.8. The molecule has 16 aliphatic rings. The second-order valence-electron chi connectivity index (χ2n) is 30.7. The molecule has 18 rings (SSSR count). The lowest BCUT2D eigenvalue weighted by molar-refractivity contribution is -0.315. The zero-order valence-corrected chi connectivity index (χ0v) is 48.3. The quantitative estimate of drug-likeness (QED) is 0.0814. The maximum Gasteiger partial charge on any atom is 0.339 e. The van der Waals surface area contributed by atoms with Crippen LogP contribution < -0.4 is 5.32 Å². The van der Waals surface area contributed by atoms with Crippen LogP contribution in [0.2, 0.25) is 0 Å². The Bertz CT molecular complexity index is 3210. The number of aliphatic hydroxyl groups is 3. The number of aliphatic hydroxyl groups excluding tert-OH is 3. The molecule has 0 radical (unpaired) electrons. The van der Waals surface area contributed by atoms with Crippen molar-refractivity contribution in [3.05, 3.63) is 83.5 Å². The van der Waals surface area contributed by atoms with E-state index in [1.807, 2.05) is 6.07 Å². The van der Waals surface area contributed by atoms with Crippen molar-refractivity contribution in [2.45, 2.75) is 189 Å². The third kappa shape index (κ3) is 5.99. The molecule has 1 aromatic heterocycles. The van der Waals surface area contributed by atoms with Crippen molar-refractivity contribution in [2.24, 2.45) is 98.6 Å². The van der Waals surface area contributed by atoms with E-state index in [2.05, 4.69) is 77.7 Å². The number of benzene rings is 1. The van der Waals surface area contributed by atoms with Gasteiger partial charge < -0.3 is 43.6 Å². The predicted molar refractivity (Wildman–Crippen MR) is 302 cm³/mol. The molecule has 9 bridgehead atoms. The van der Waals surface area contributed by atoms with E-state index < -0.39 is 92.7 Å². The molecular formula is C70H84N2O11. The summed E-state index contributed by atoms with van der Waals surface area (Å²) in [7, 11) is 0. The third-order valence-corrected chi connectivity index (χ3v) is 28.5. The number of fused-ring (bicyclic) bond motifs is 6. The largest absolute Gasteiger partial charge is 0.469 e. The van der Waals surface area contributed by atoms with Gasteiger partial charge in [0.2, 0.25) is 0 Å². The van der Waals surface area contributed by atoms with Gasteiger partial charge in [0.25, 0.3) is 0 Å². The number of nitrogens with zero attached hydrogens (tertiary/aromatic N) is 1. The first-order valence-electron chi connectivity index (χ1n) is 33.1. The third-order valence-electron chi connectivity index (χ3n) is 28.5. The van der Waals surface area contributed by atoms with Crippen LogP contribution in [0.1, 0.15) is 146 Å². The molecule has 13 fully saturated rings. The van der Waals surface area contributed by atoms with Gasteiger partial charge in [-0.25, -0.2) is 4.79 Å².